The van der Waals surface area contributed by atoms with Crippen LogP contribution in [0.4, 0.5) is 52.7 Å². The van der Waals surface area contributed by atoms with E-state index in [0.29, 0.717) is 76.0 Å². The highest BCUT2D eigenvalue weighted by molar-refractivity contribution is 8.00. The Kier molecular flexibility index (Phi) is 52.2. The van der Waals surface area contributed by atoms with Gasteiger partial charge in [0.15, 0.2) is 0 Å². The maximum absolute atomic E-state index is 12.6. The minimum atomic E-state index is -4.37. The van der Waals surface area contributed by atoms with Gasteiger partial charge < -0.3 is 38.3 Å². The second-order valence-corrected chi connectivity index (χ2v) is 28.0. The average molecular weight is 1780 g/mol. The van der Waals surface area contributed by atoms with Crippen LogP contribution in [0.1, 0.15) is 80.6 Å². The van der Waals surface area contributed by atoms with Crippen LogP contribution < -0.4 is 18.9 Å². The zero-order valence-electron chi connectivity index (χ0n) is 62.0. The number of hydrogen-bond donors (Lipinski definition) is 2. The molecular formula is C79H80Cl4F12O16S4. The number of halogens is 16. The summed E-state index contributed by atoms with van der Waals surface area (Å²) in [6, 6.07) is 41.8. The predicted molar refractivity (Wildman–Crippen MR) is 415 cm³/mol. The van der Waals surface area contributed by atoms with E-state index in [1.54, 1.807) is 23.5 Å². The lowest BCUT2D eigenvalue weighted by Gasteiger charge is -2.18. The highest BCUT2D eigenvalue weighted by Crippen LogP contribution is 2.37. The Bertz CT molecular complexity index is 4180. The molecule has 115 heavy (non-hydrogen) atoms. The Morgan fingerprint density at radius 2 is 0.704 bits per heavy atom. The van der Waals surface area contributed by atoms with E-state index < -0.39 is 53.1 Å². The van der Waals surface area contributed by atoms with Crippen molar-refractivity contribution in [1.29, 1.82) is 0 Å². The third kappa shape index (κ3) is 46.0. The molecule has 1 fully saturated rings. The summed E-state index contributed by atoms with van der Waals surface area (Å²) in [6.07, 6.45) is -14.6. The molecule has 1 aliphatic heterocycles. The molecule has 8 aromatic rings. The molecule has 0 saturated carbocycles. The lowest BCUT2D eigenvalue weighted by Crippen LogP contribution is -2.24. The van der Waals surface area contributed by atoms with Gasteiger partial charge in [0.2, 0.25) is 0 Å². The van der Waals surface area contributed by atoms with Crippen LogP contribution in [0.2, 0.25) is 20.1 Å². The first kappa shape index (κ1) is 105. The van der Waals surface area contributed by atoms with Crippen molar-refractivity contribution in [1.82, 2.24) is 0 Å². The molecule has 1 N–H and O–H groups in total. The summed E-state index contributed by atoms with van der Waals surface area (Å²) in [7, 11) is 0. The van der Waals surface area contributed by atoms with Crippen molar-refractivity contribution < 1.29 is 131 Å². The Morgan fingerprint density at radius 3 is 0.983 bits per heavy atom. The Hall–Kier alpha value is -7.96. The van der Waals surface area contributed by atoms with Crippen LogP contribution in [0, 0.1) is 6.92 Å². The fourth-order valence-corrected chi connectivity index (χ4v) is 12.6. The van der Waals surface area contributed by atoms with Crippen molar-refractivity contribution in [3.8, 4) is 23.0 Å². The van der Waals surface area contributed by atoms with E-state index in [-0.39, 0.29) is 69.9 Å². The van der Waals surface area contributed by atoms with Crippen LogP contribution in [0.15, 0.2) is 189 Å². The number of benzene rings is 8. The van der Waals surface area contributed by atoms with Crippen molar-refractivity contribution in [3.05, 3.63) is 234 Å². The van der Waals surface area contributed by atoms with E-state index in [9.17, 15) is 57.8 Å². The molecule has 16 nitrogen and oxygen atoms in total. The van der Waals surface area contributed by atoms with Gasteiger partial charge in [-0.15, -0.1) is 47.9 Å². The third-order valence-corrected chi connectivity index (χ3v) is 20.0. The highest BCUT2D eigenvalue weighted by Gasteiger charge is 2.33. The zero-order chi connectivity index (χ0) is 86.7. The number of aliphatic hydroxyl groups excluding tert-OH is 1. The highest BCUT2D eigenvalue weighted by atomic mass is 35.5. The summed E-state index contributed by atoms with van der Waals surface area (Å²) in [4.78, 5) is 68.6. The zero-order valence-corrected chi connectivity index (χ0v) is 68.3. The molecule has 0 spiro atoms. The topological polar surface area (TPSA) is 225 Å². The number of carbonyl (C=O) groups excluding carboxylic acids is 8. The van der Waals surface area contributed by atoms with Gasteiger partial charge in [-0.2, -0.15) is 91.0 Å². The van der Waals surface area contributed by atoms with Crippen molar-refractivity contribution >= 4 is 119 Å². The minimum Gasteiger partial charge on any atom is -0.491 e. The smallest absolute Gasteiger partial charge is 0.416 e. The second-order valence-electron chi connectivity index (χ2n) is 22.7. The van der Waals surface area contributed by atoms with Crippen molar-refractivity contribution in [2.24, 2.45) is 0 Å². The SMILES string of the molecule is CCOC(COc1ccc(C(F)(F)F)cc1)CSc1ccc(C)cc1Cl.CCOC(COc1ccc(C(F)(F)F)cc1)CSc1ccc(CC)cc1Cl.CCc1ccc(S)c(Cl)c1.CCc1ccc(SCC(O)COc2ccc(C(F)(F)F)cc2)c(Cl)c1.FC(F)(F)c1ccc(OCC2CO2)cc1.O=C=O.O=C=O.O=C=O.O=C=O.[HH]. The first-order valence-electron chi connectivity index (χ1n) is 33.8. The number of hydrogen-bond acceptors (Lipinski definition) is 20. The number of aryl methyl sites for hydroxylation is 4. The number of thioether (sulfide) groups is 3. The van der Waals surface area contributed by atoms with Crippen molar-refractivity contribution in [2.45, 2.75) is 130 Å². The van der Waals surface area contributed by atoms with Crippen LogP contribution >= 0.6 is 94.3 Å². The van der Waals surface area contributed by atoms with E-state index >= 15 is 0 Å². The van der Waals surface area contributed by atoms with Crippen LogP contribution in [0.5, 0.6) is 23.0 Å². The standard InChI is InChI=1S/C20H22ClF3O2S.C19H20ClF3O2S.C18H18ClF3O2S.C10H9F3O2.C8H9ClS.4CO2.H2/c1-3-14-5-10-19(18(21)11-14)27-13-17(25-4-2)12-26-16-8-6-15(7-9-16)20(22,23)24;1-3-24-16(12-26-18-9-4-13(2)10-17(18)20)11-25-15-7-5-14(6-8-15)19(21,22)23;1-2-12-3-8-17(16(19)9-12)25-11-14(23)10-24-15-6-4-13(5-7-15)18(20,21)22;11-10(12,13)7-1-3-8(4-2-7)14-5-9-6-15-9;1-2-6-3-4-8(10)7(9)5-6;4*2-1-3;/h5-11,17H,3-4,12-13H2,1-2H3;4-10,16H,3,11-12H2,1-2H3;3-9,14,23H,2,10-11H2,1H3;1-4,9H,5-6H2;3-5,10H,2H2,1H3;;;;;1H. The Balaban J connectivity index is 0.00000141. The maximum Gasteiger partial charge on any atom is 0.416 e. The van der Waals surface area contributed by atoms with E-state index in [0.717, 1.165) is 104 Å². The quantitative estimate of drug-likeness (QED) is 0.0201. The van der Waals surface area contributed by atoms with Gasteiger partial charge in [0.05, 0.1) is 55.1 Å². The first-order chi connectivity index (χ1) is 54.4. The van der Waals surface area contributed by atoms with E-state index in [2.05, 4.69) is 26.5 Å². The lowest BCUT2D eigenvalue weighted by molar-refractivity contribution is -0.193. The van der Waals surface area contributed by atoms with Crippen molar-refractivity contribution in [2.75, 3.05) is 63.5 Å². The van der Waals surface area contributed by atoms with Gasteiger partial charge in [0, 0.05) is 51.5 Å². The molecule has 0 radical (unpaired) electrons. The maximum atomic E-state index is 12.6. The molecule has 0 aromatic heterocycles. The van der Waals surface area contributed by atoms with Crippen LogP contribution in [-0.4, -0.2) is 118 Å². The average Bonchev–Trinajstić information content (AvgIpc) is 1.40. The molecule has 0 bridgehead atoms. The van der Waals surface area contributed by atoms with Crippen LogP contribution in [-0.2, 0) is 96.5 Å². The summed E-state index contributed by atoms with van der Waals surface area (Å²) >= 11 is 33.2. The fourth-order valence-electron chi connectivity index (χ4n) is 8.50. The molecule has 1 aliphatic rings. The molecular weight excluding hydrogens is 1700 g/mol. The molecule has 0 aliphatic carbocycles. The molecule has 1 heterocycles. The minimum absolute atomic E-state index is 0. The molecule has 36 heteroatoms. The molecule has 4 atom stereocenters. The fraction of sp³-hybridized carbons (Fsp3) is 0.342. The van der Waals surface area contributed by atoms with Gasteiger partial charge in [-0.25, -0.2) is 0 Å². The summed E-state index contributed by atoms with van der Waals surface area (Å²) in [5.41, 5.74) is 1.86. The molecule has 4 unspecified atom stereocenters. The van der Waals surface area contributed by atoms with E-state index in [1.165, 1.54) is 71.4 Å². The number of epoxide rings is 1. The van der Waals surface area contributed by atoms with Gasteiger partial charge in [0.1, 0.15) is 67.7 Å². The normalized spacial score (nSPS) is 12.5. The van der Waals surface area contributed by atoms with Gasteiger partial charge in [-0.3, -0.25) is 0 Å². The van der Waals surface area contributed by atoms with Gasteiger partial charge in [-0.05, 0) is 208 Å². The van der Waals surface area contributed by atoms with E-state index in [4.69, 9.17) is 118 Å². The largest absolute Gasteiger partial charge is 0.491 e. The summed E-state index contributed by atoms with van der Waals surface area (Å²) in [6.45, 7) is 14.5. The Morgan fingerprint density at radius 1 is 0.426 bits per heavy atom. The predicted octanol–water partition coefficient (Wildman–Crippen LogP) is 21.8. The lowest BCUT2D eigenvalue weighted by atomic mass is 10.2. The summed E-state index contributed by atoms with van der Waals surface area (Å²) in [5.74, 6) is 3.08. The van der Waals surface area contributed by atoms with Crippen LogP contribution in [0.3, 0.4) is 0 Å². The third-order valence-electron chi connectivity index (χ3n) is 14.3. The second kappa shape index (κ2) is 57.2. The monoisotopic (exact) mass is 1780 g/mol. The van der Waals surface area contributed by atoms with Gasteiger partial charge >= 0.3 is 49.3 Å². The van der Waals surface area contributed by atoms with E-state index in [1.807, 2.05) is 100 Å². The number of thiol groups is 1. The molecule has 1 saturated heterocycles. The molecule has 9 rings (SSSR count). The molecule has 8 aromatic carbocycles. The molecule has 0 amide bonds. The van der Waals surface area contributed by atoms with Crippen molar-refractivity contribution in [3.63, 3.8) is 0 Å². The Labute approximate surface area is 695 Å². The van der Waals surface area contributed by atoms with Crippen LogP contribution in [0.25, 0.3) is 0 Å². The number of alkyl halides is 12. The summed E-state index contributed by atoms with van der Waals surface area (Å²) < 4.78 is 187. The molecule has 628 valence electrons. The number of ether oxygens (including phenoxy) is 7. The van der Waals surface area contributed by atoms with Gasteiger partial charge in [0.25, 0.3) is 0 Å². The summed E-state index contributed by atoms with van der Waals surface area (Å²) in [5, 5.41) is 12.8. The first-order valence-corrected chi connectivity index (χ1v) is 38.7. The van der Waals surface area contributed by atoms with Gasteiger partial charge in [-0.1, -0.05) is 91.4 Å². The number of rotatable bonds is 28. The number of aliphatic hydroxyl groups is 1.